The molecule has 6 heteroatoms. The van der Waals surface area contributed by atoms with Crippen molar-refractivity contribution in [1.82, 2.24) is 0 Å². The molecule has 0 radical (unpaired) electrons. The molecular formula is C8H12F3NO2. The van der Waals surface area contributed by atoms with Crippen LogP contribution in [0, 0.1) is 5.92 Å². The summed E-state index contributed by atoms with van der Waals surface area (Å²) in [7, 11) is 0. The van der Waals surface area contributed by atoms with E-state index >= 15 is 0 Å². The second kappa shape index (κ2) is 3.42. The molecule has 82 valence electrons. The van der Waals surface area contributed by atoms with E-state index in [0.29, 0.717) is 0 Å². The Morgan fingerprint density at radius 1 is 1.50 bits per heavy atom. The minimum Gasteiger partial charge on any atom is -0.380 e. The quantitative estimate of drug-likeness (QED) is 0.678. The predicted octanol–water partition coefficient (Wildman–Crippen LogP) is 0.955. The Bertz CT molecular complexity index is 241. The van der Waals surface area contributed by atoms with E-state index in [4.69, 9.17) is 5.73 Å². The number of nitrogens with two attached hydrogens (primary N) is 1. The van der Waals surface area contributed by atoms with Crippen LogP contribution in [0.4, 0.5) is 13.2 Å². The molecule has 0 aromatic carbocycles. The van der Waals surface area contributed by atoms with E-state index in [2.05, 4.69) is 0 Å². The van der Waals surface area contributed by atoms with Crippen LogP contribution < -0.4 is 5.73 Å². The van der Waals surface area contributed by atoms with E-state index < -0.39 is 30.0 Å². The van der Waals surface area contributed by atoms with Crippen molar-refractivity contribution in [3.63, 3.8) is 0 Å². The lowest BCUT2D eigenvalue weighted by molar-refractivity contribution is -0.200. The molecule has 1 rings (SSSR count). The van der Waals surface area contributed by atoms with Crippen molar-refractivity contribution in [2.45, 2.75) is 37.5 Å². The number of rotatable bonds is 1. The van der Waals surface area contributed by atoms with E-state index in [1.54, 1.807) is 0 Å². The molecule has 0 heterocycles. The fraction of sp³-hybridized carbons (Fsp3) is 0.875. The third kappa shape index (κ3) is 2.17. The Labute approximate surface area is 79.1 Å². The van der Waals surface area contributed by atoms with Crippen molar-refractivity contribution < 1.29 is 23.1 Å². The maximum atomic E-state index is 12.3. The second-order valence-electron chi connectivity index (χ2n) is 3.73. The Kier molecular flexibility index (Phi) is 2.76. The second-order valence-corrected chi connectivity index (χ2v) is 3.73. The van der Waals surface area contributed by atoms with Gasteiger partial charge in [0, 0.05) is 0 Å². The summed E-state index contributed by atoms with van der Waals surface area (Å²) in [6.07, 6.45) is -4.81. The predicted molar refractivity (Wildman–Crippen MR) is 42.2 cm³/mol. The zero-order valence-corrected chi connectivity index (χ0v) is 7.47. The van der Waals surface area contributed by atoms with E-state index in [1.165, 1.54) is 0 Å². The van der Waals surface area contributed by atoms with Gasteiger partial charge in [0.05, 0.1) is 5.92 Å². The maximum Gasteiger partial charge on any atom is 0.391 e. The van der Waals surface area contributed by atoms with Gasteiger partial charge in [0.15, 0.2) is 0 Å². The summed E-state index contributed by atoms with van der Waals surface area (Å²) < 4.78 is 36.9. The van der Waals surface area contributed by atoms with Crippen molar-refractivity contribution in [1.29, 1.82) is 0 Å². The molecule has 3 N–H and O–H groups in total. The van der Waals surface area contributed by atoms with Gasteiger partial charge in [-0.2, -0.15) is 13.2 Å². The van der Waals surface area contributed by atoms with Gasteiger partial charge >= 0.3 is 6.18 Å². The Morgan fingerprint density at radius 2 is 2.07 bits per heavy atom. The van der Waals surface area contributed by atoms with E-state index in [9.17, 15) is 23.1 Å². The third-order valence-corrected chi connectivity index (χ3v) is 2.65. The normalized spacial score (nSPS) is 34.1. The van der Waals surface area contributed by atoms with Crippen LogP contribution >= 0.6 is 0 Å². The van der Waals surface area contributed by atoms with Gasteiger partial charge in [-0.15, -0.1) is 0 Å². The average Bonchev–Trinajstić information content (AvgIpc) is 2.02. The molecular weight excluding hydrogens is 199 g/mol. The molecule has 1 saturated carbocycles. The molecule has 1 aliphatic rings. The number of aliphatic hydroxyl groups is 1. The van der Waals surface area contributed by atoms with E-state index in [-0.39, 0.29) is 19.3 Å². The van der Waals surface area contributed by atoms with Crippen LogP contribution in [-0.2, 0) is 4.79 Å². The van der Waals surface area contributed by atoms with Crippen molar-refractivity contribution in [3.8, 4) is 0 Å². The van der Waals surface area contributed by atoms with Gasteiger partial charge in [-0.3, -0.25) is 4.79 Å². The molecule has 0 aromatic heterocycles. The minimum atomic E-state index is -4.36. The number of primary amides is 1. The zero-order valence-electron chi connectivity index (χ0n) is 7.47. The molecule has 2 atom stereocenters. The highest BCUT2D eigenvalue weighted by molar-refractivity contribution is 5.83. The van der Waals surface area contributed by atoms with Gasteiger partial charge in [0.2, 0.25) is 5.91 Å². The lowest BCUT2D eigenvalue weighted by atomic mass is 9.77. The van der Waals surface area contributed by atoms with Crippen molar-refractivity contribution in [2.75, 3.05) is 0 Å². The van der Waals surface area contributed by atoms with Crippen LogP contribution in [0.25, 0.3) is 0 Å². The first-order chi connectivity index (χ1) is 6.26. The molecule has 0 aromatic rings. The van der Waals surface area contributed by atoms with Crippen molar-refractivity contribution in [2.24, 2.45) is 11.7 Å². The summed E-state index contributed by atoms with van der Waals surface area (Å²) in [5.41, 5.74) is 2.88. The summed E-state index contributed by atoms with van der Waals surface area (Å²) in [6, 6.07) is 0. The first-order valence-electron chi connectivity index (χ1n) is 4.35. The topological polar surface area (TPSA) is 63.3 Å². The number of carbonyl (C=O) groups excluding carboxylic acids is 1. The fourth-order valence-corrected chi connectivity index (χ4v) is 1.76. The molecule has 1 amide bonds. The average molecular weight is 211 g/mol. The zero-order chi connectivity index (χ0) is 11.0. The van der Waals surface area contributed by atoms with Gasteiger partial charge in [0.1, 0.15) is 5.60 Å². The third-order valence-electron chi connectivity index (χ3n) is 2.65. The van der Waals surface area contributed by atoms with Gasteiger partial charge in [-0.1, -0.05) is 0 Å². The lowest BCUT2D eigenvalue weighted by Crippen LogP contribution is -2.49. The fourth-order valence-electron chi connectivity index (χ4n) is 1.76. The Balaban J connectivity index is 2.74. The number of hydrogen-bond donors (Lipinski definition) is 2. The highest BCUT2D eigenvalue weighted by Gasteiger charge is 2.49. The van der Waals surface area contributed by atoms with Crippen LogP contribution in [0.1, 0.15) is 25.7 Å². The van der Waals surface area contributed by atoms with Gasteiger partial charge in [-0.25, -0.2) is 0 Å². The smallest absolute Gasteiger partial charge is 0.380 e. The minimum absolute atomic E-state index is 0.0227. The van der Waals surface area contributed by atoms with Crippen LogP contribution in [0.5, 0.6) is 0 Å². The number of halogens is 3. The van der Waals surface area contributed by atoms with E-state index in [0.717, 1.165) is 0 Å². The summed E-state index contributed by atoms with van der Waals surface area (Å²) in [5, 5.41) is 9.51. The molecule has 0 saturated heterocycles. The van der Waals surface area contributed by atoms with Crippen LogP contribution in [0.3, 0.4) is 0 Å². The first kappa shape index (κ1) is 11.3. The highest BCUT2D eigenvalue weighted by atomic mass is 19.4. The summed E-state index contributed by atoms with van der Waals surface area (Å²) in [5.74, 6) is -2.68. The van der Waals surface area contributed by atoms with Crippen LogP contribution in [0.15, 0.2) is 0 Å². The molecule has 0 spiro atoms. The molecule has 1 aliphatic carbocycles. The maximum absolute atomic E-state index is 12.3. The largest absolute Gasteiger partial charge is 0.391 e. The summed E-state index contributed by atoms with van der Waals surface area (Å²) >= 11 is 0. The SMILES string of the molecule is NC(=O)C1(O)CCCC(C(F)(F)F)C1. The standard InChI is InChI=1S/C8H12F3NO2/c9-8(10,11)5-2-1-3-7(14,4-5)6(12)13/h5,14H,1-4H2,(H2,12,13). The van der Waals surface area contributed by atoms with Crippen molar-refractivity contribution >= 4 is 5.91 Å². The van der Waals surface area contributed by atoms with Gasteiger partial charge in [0.25, 0.3) is 0 Å². The highest BCUT2D eigenvalue weighted by Crippen LogP contribution is 2.41. The molecule has 0 aliphatic heterocycles. The molecule has 2 unspecified atom stereocenters. The van der Waals surface area contributed by atoms with Gasteiger partial charge in [-0.05, 0) is 25.7 Å². The molecule has 14 heavy (non-hydrogen) atoms. The Morgan fingerprint density at radius 3 is 2.50 bits per heavy atom. The number of alkyl halides is 3. The van der Waals surface area contributed by atoms with Gasteiger partial charge < -0.3 is 10.8 Å². The Hall–Kier alpha value is -0.780. The molecule has 0 bridgehead atoms. The summed E-state index contributed by atoms with van der Waals surface area (Å²) in [4.78, 5) is 10.8. The molecule has 3 nitrogen and oxygen atoms in total. The number of amides is 1. The van der Waals surface area contributed by atoms with Crippen molar-refractivity contribution in [3.05, 3.63) is 0 Å². The summed E-state index contributed by atoms with van der Waals surface area (Å²) in [6.45, 7) is 0. The first-order valence-corrected chi connectivity index (χ1v) is 4.35. The number of hydrogen-bond acceptors (Lipinski definition) is 2. The number of carbonyl (C=O) groups is 1. The monoisotopic (exact) mass is 211 g/mol. The lowest BCUT2D eigenvalue weighted by Gasteiger charge is -2.35. The van der Waals surface area contributed by atoms with E-state index in [1.807, 2.05) is 0 Å². The molecule has 1 fully saturated rings. The van der Waals surface area contributed by atoms with Crippen LogP contribution in [0.2, 0.25) is 0 Å². The van der Waals surface area contributed by atoms with Crippen LogP contribution in [-0.4, -0.2) is 22.8 Å².